The summed E-state index contributed by atoms with van der Waals surface area (Å²) >= 11 is 5.18. The third kappa shape index (κ3) is 1.95. The lowest BCUT2D eigenvalue weighted by Crippen LogP contribution is -1.97. The van der Waals surface area contributed by atoms with Gasteiger partial charge in [0, 0.05) is 0 Å². The summed E-state index contributed by atoms with van der Waals surface area (Å²) in [5.74, 6) is 0.323. The van der Waals surface area contributed by atoms with Crippen LogP contribution >= 0.6 is 11.6 Å². The van der Waals surface area contributed by atoms with Crippen LogP contribution in [0.4, 0.5) is 0 Å². The van der Waals surface area contributed by atoms with Crippen LogP contribution < -0.4 is 4.74 Å². The van der Waals surface area contributed by atoms with Crippen molar-refractivity contribution >= 4 is 16.8 Å². The Morgan fingerprint density at radius 3 is 2.92 bits per heavy atom. The molecule has 0 fully saturated rings. The lowest BCUT2D eigenvalue weighted by Gasteiger charge is -2.01. The SMILES string of the molecule is COc1cnc(C(=O)Cl)cc1C#N. The molecule has 0 unspecified atom stereocenters. The number of methoxy groups -OCH3 is 1. The summed E-state index contributed by atoms with van der Waals surface area (Å²) in [6.45, 7) is 0. The molecular weight excluding hydrogens is 192 g/mol. The third-order valence-electron chi connectivity index (χ3n) is 1.41. The average Bonchev–Trinajstić information content (AvgIpc) is 2.16. The van der Waals surface area contributed by atoms with E-state index in [1.165, 1.54) is 19.4 Å². The first kappa shape index (κ1) is 9.49. The number of aromatic nitrogens is 1. The van der Waals surface area contributed by atoms with Crippen LogP contribution in [0.2, 0.25) is 0 Å². The smallest absolute Gasteiger partial charge is 0.270 e. The maximum absolute atomic E-state index is 10.7. The fourth-order valence-electron chi connectivity index (χ4n) is 0.800. The van der Waals surface area contributed by atoms with E-state index in [0.717, 1.165) is 0 Å². The van der Waals surface area contributed by atoms with Crippen LogP contribution in [0.25, 0.3) is 0 Å². The number of hydrogen-bond donors (Lipinski definition) is 0. The maximum Gasteiger partial charge on any atom is 0.270 e. The Balaban J connectivity index is 3.23. The van der Waals surface area contributed by atoms with Crippen molar-refractivity contribution in [1.29, 1.82) is 5.26 Å². The monoisotopic (exact) mass is 196 g/mol. The largest absolute Gasteiger partial charge is 0.494 e. The second-order valence-electron chi connectivity index (χ2n) is 2.16. The Morgan fingerprint density at radius 2 is 2.46 bits per heavy atom. The highest BCUT2D eigenvalue weighted by molar-refractivity contribution is 6.67. The molecule has 0 radical (unpaired) electrons. The van der Waals surface area contributed by atoms with Gasteiger partial charge in [-0.05, 0) is 17.7 Å². The molecule has 0 aromatic carbocycles. The molecule has 0 bridgehead atoms. The molecule has 0 spiro atoms. The summed E-state index contributed by atoms with van der Waals surface area (Å²) in [4.78, 5) is 14.4. The van der Waals surface area contributed by atoms with E-state index in [4.69, 9.17) is 21.6 Å². The molecule has 0 N–H and O–H groups in total. The lowest BCUT2D eigenvalue weighted by atomic mass is 10.2. The van der Waals surface area contributed by atoms with E-state index in [1.807, 2.05) is 6.07 Å². The zero-order valence-corrected chi connectivity index (χ0v) is 7.50. The highest BCUT2D eigenvalue weighted by atomic mass is 35.5. The van der Waals surface area contributed by atoms with Crippen LogP contribution in [-0.4, -0.2) is 17.3 Å². The predicted molar refractivity (Wildman–Crippen MR) is 45.7 cm³/mol. The molecule has 0 aliphatic rings. The van der Waals surface area contributed by atoms with Gasteiger partial charge in [0.1, 0.15) is 11.8 Å². The van der Waals surface area contributed by atoms with E-state index >= 15 is 0 Å². The fourth-order valence-corrected chi connectivity index (χ4v) is 0.904. The second kappa shape index (κ2) is 3.87. The molecule has 13 heavy (non-hydrogen) atoms. The zero-order valence-electron chi connectivity index (χ0n) is 6.74. The topological polar surface area (TPSA) is 63.0 Å². The van der Waals surface area contributed by atoms with Gasteiger partial charge in [-0.2, -0.15) is 5.26 Å². The molecule has 1 aromatic heterocycles. The van der Waals surface area contributed by atoms with Crippen molar-refractivity contribution in [3.8, 4) is 11.8 Å². The van der Waals surface area contributed by atoms with Crippen LogP contribution in [0, 0.1) is 11.3 Å². The Labute approximate surface area is 79.7 Å². The quantitative estimate of drug-likeness (QED) is 0.670. The molecule has 0 aliphatic heterocycles. The van der Waals surface area contributed by atoms with Gasteiger partial charge in [-0.15, -0.1) is 0 Å². The molecule has 0 saturated carbocycles. The van der Waals surface area contributed by atoms with Crippen molar-refractivity contribution < 1.29 is 9.53 Å². The fraction of sp³-hybridized carbons (Fsp3) is 0.125. The molecule has 0 aliphatic carbocycles. The van der Waals surface area contributed by atoms with Gasteiger partial charge in [0.05, 0.1) is 18.9 Å². The molecule has 66 valence electrons. The van der Waals surface area contributed by atoms with Crippen molar-refractivity contribution in [2.45, 2.75) is 0 Å². The number of rotatable bonds is 2. The number of pyridine rings is 1. The van der Waals surface area contributed by atoms with Gasteiger partial charge in [-0.1, -0.05) is 0 Å². The van der Waals surface area contributed by atoms with Crippen molar-refractivity contribution in [1.82, 2.24) is 4.98 Å². The van der Waals surface area contributed by atoms with Gasteiger partial charge < -0.3 is 4.74 Å². The Hall–Kier alpha value is -1.60. The zero-order chi connectivity index (χ0) is 9.84. The number of nitrogens with zero attached hydrogens (tertiary/aromatic N) is 2. The first-order valence-corrected chi connectivity index (χ1v) is 3.70. The number of carbonyl (C=O) groups excluding carboxylic acids is 1. The van der Waals surface area contributed by atoms with Crippen LogP contribution in [-0.2, 0) is 0 Å². The molecule has 0 saturated heterocycles. The number of hydrogen-bond acceptors (Lipinski definition) is 4. The molecule has 5 heteroatoms. The molecule has 1 rings (SSSR count). The van der Waals surface area contributed by atoms with E-state index in [0.29, 0.717) is 5.75 Å². The maximum atomic E-state index is 10.7. The van der Waals surface area contributed by atoms with Crippen molar-refractivity contribution in [3.63, 3.8) is 0 Å². The summed E-state index contributed by atoms with van der Waals surface area (Å²) in [5.41, 5.74) is 0.278. The number of carbonyl (C=O) groups is 1. The van der Waals surface area contributed by atoms with Crippen molar-refractivity contribution in [2.75, 3.05) is 7.11 Å². The first-order valence-electron chi connectivity index (χ1n) is 3.33. The Bertz CT molecular complexity index is 384. The van der Waals surface area contributed by atoms with E-state index in [1.54, 1.807) is 0 Å². The lowest BCUT2D eigenvalue weighted by molar-refractivity contribution is 0.107. The molecule has 1 heterocycles. The van der Waals surface area contributed by atoms with Crippen LogP contribution in [0.5, 0.6) is 5.75 Å². The van der Waals surface area contributed by atoms with Gasteiger partial charge in [0.15, 0.2) is 5.75 Å². The van der Waals surface area contributed by atoms with Gasteiger partial charge in [-0.25, -0.2) is 4.98 Å². The Morgan fingerprint density at radius 1 is 1.77 bits per heavy atom. The summed E-state index contributed by atoms with van der Waals surface area (Å²) in [6.07, 6.45) is 1.29. The number of ether oxygens (including phenoxy) is 1. The van der Waals surface area contributed by atoms with Crippen molar-refractivity contribution in [3.05, 3.63) is 23.5 Å². The molecule has 0 amide bonds. The molecule has 0 atom stereocenters. The molecular formula is C8H5ClN2O2. The summed E-state index contributed by atoms with van der Waals surface area (Å²) in [5, 5.41) is 7.95. The summed E-state index contributed by atoms with van der Waals surface area (Å²) in [6, 6.07) is 3.15. The third-order valence-corrected chi connectivity index (χ3v) is 1.60. The molecule has 4 nitrogen and oxygen atoms in total. The van der Waals surface area contributed by atoms with Gasteiger partial charge >= 0.3 is 0 Å². The second-order valence-corrected chi connectivity index (χ2v) is 2.50. The van der Waals surface area contributed by atoms with E-state index in [-0.39, 0.29) is 11.3 Å². The van der Waals surface area contributed by atoms with Gasteiger partial charge in [-0.3, -0.25) is 4.79 Å². The normalized spacial score (nSPS) is 9.00. The van der Waals surface area contributed by atoms with E-state index in [9.17, 15) is 4.79 Å². The standard InChI is InChI=1S/C8H5ClN2O2/c1-13-7-4-11-6(8(9)12)2-5(7)3-10/h2,4H,1H3. The summed E-state index contributed by atoms with van der Waals surface area (Å²) in [7, 11) is 1.42. The number of halogens is 1. The Kier molecular flexibility index (Phi) is 2.83. The average molecular weight is 197 g/mol. The van der Waals surface area contributed by atoms with Crippen LogP contribution in [0.15, 0.2) is 12.3 Å². The minimum Gasteiger partial charge on any atom is -0.494 e. The summed E-state index contributed by atoms with van der Waals surface area (Å²) < 4.78 is 4.83. The van der Waals surface area contributed by atoms with Crippen LogP contribution in [0.3, 0.4) is 0 Å². The highest BCUT2D eigenvalue weighted by Crippen LogP contribution is 2.16. The van der Waals surface area contributed by atoms with Gasteiger partial charge in [0.2, 0.25) is 0 Å². The van der Waals surface area contributed by atoms with Crippen LogP contribution in [0.1, 0.15) is 16.1 Å². The minimum atomic E-state index is -0.695. The first-order chi connectivity index (χ1) is 6.19. The van der Waals surface area contributed by atoms with Gasteiger partial charge in [0.25, 0.3) is 5.24 Å². The predicted octanol–water partition coefficient (Wildman–Crippen LogP) is 1.34. The molecule has 1 aromatic rings. The van der Waals surface area contributed by atoms with E-state index < -0.39 is 5.24 Å². The van der Waals surface area contributed by atoms with E-state index in [2.05, 4.69) is 4.98 Å². The highest BCUT2D eigenvalue weighted by Gasteiger charge is 2.08. The number of nitriles is 1. The van der Waals surface area contributed by atoms with Crippen molar-refractivity contribution in [2.24, 2.45) is 0 Å². The minimum absolute atomic E-state index is 0.0408.